The van der Waals surface area contributed by atoms with Crippen LogP contribution in [0.2, 0.25) is 0 Å². The van der Waals surface area contributed by atoms with E-state index in [1.165, 1.54) is 0 Å². The van der Waals surface area contributed by atoms with Crippen LogP contribution >= 0.6 is 21.0 Å². The second-order valence-corrected chi connectivity index (χ2v) is 2.93. The number of aliphatic carboxylic acids is 1. The quantitative estimate of drug-likeness (QED) is 0.346. The van der Waals surface area contributed by atoms with Crippen LogP contribution in [0.25, 0.3) is 0 Å². The molecule has 0 heterocycles. The van der Waals surface area contributed by atoms with Crippen molar-refractivity contribution >= 4 is 32.7 Å². The van der Waals surface area contributed by atoms with Crippen LogP contribution in [0.5, 0.6) is 0 Å². The maximum atomic E-state index is 10.5. The summed E-state index contributed by atoms with van der Waals surface area (Å²) in [6.45, 7) is 0. The minimum Gasteiger partial charge on any atom is -0.480 e. The Bertz CT molecular complexity index is 177. The second-order valence-electron chi connectivity index (χ2n) is 2.33. The molecule has 0 saturated heterocycles. The highest BCUT2D eigenvalue weighted by molar-refractivity contribution is 7.13. The van der Waals surface area contributed by atoms with E-state index in [2.05, 4.69) is 14.5 Å². The fourth-order valence-electron chi connectivity index (χ4n) is 0.663. The Morgan fingerprint density at radius 2 is 2.33 bits per heavy atom. The van der Waals surface area contributed by atoms with Crippen LogP contribution in [0.1, 0.15) is 12.8 Å². The van der Waals surface area contributed by atoms with Gasteiger partial charge in [0.2, 0.25) is 0 Å². The van der Waals surface area contributed by atoms with Crippen molar-refractivity contribution in [2.24, 2.45) is 0 Å². The van der Waals surface area contributed by atoms with Gasteiger partial charge in [-0.2, -0.15) is 0 Å². The number of rotatable bonds is 6. The van der Waals surface area contributed by atoms with Crippen molar-refractivity contribution in [3.05, 3.63) is 0 Å². The zero-order valence-electron chi connectivity index (χ0n) is 6.51. The topological polar surface area (TPSA) is 73.2 Å². The van der Waals surface area contributed by atoms with E-state index in [0.29, 0.717) is 18.6 Å². The van der Waals surface area contributed by atoms with Crippen molar-refractivity contribution in [3.8, 4) is 0 Å². The molecule has 0 radical (unpaired) electrons. The van der Waals surface area contributed by atoms with Gasteiger partial charge < -0.3 is 10.5 Å². The van der Waals surface area contributed by atoms with Crippen molar-refractivity contribution in [2.45, 2.75) is 18.9 Å². The Labute approximate surface area is 78.4 Å². The predicted octanol–water partition coefficient (Wildman–Crippen LogP) is 0.858. The first-order valence-corrected chi connectivity index (χ1v) is 4.54. The summed E-state index contributed by atoms with van der Waals surface area (Å²) in [5.41, 5.74) is 0.364. The number of carboxylic acid groups (broad SMARTS) is 1. The third-order valence-electron chi connectivity index (χ3n) is 1.40. The van der Waals surface area contributed by atoms with Gasteiger partial charge in [0.25, 0.3) is 0 Å². The lowest BCUT2D eigenvalue weighted by atomic mass is 10.1. The van der Waals surface area contributed by atoms with Gasteiger partial charge in [-0.1, -0.05) is 9.39 Å². The van der Waals surface area contributed by atoms with Crippen molar-refractivity contribution < 1.29 is 9.90 Å². The molecular weight excluding hydrogens is 199 g/mol. The first-order chi connectivity index (χ1) is 5.61. The highest BCUT2D eigenvalue weighted by Crippen LogP contribution is 2.01. The molecule has 6 heteroatoms. The van der Waals surface area contributed by atoms with Crippen LogP contribution < -0.4 is 5.09 Å². The van der Waals surface area contributed by atoms with E-state index in [1.54, 1.807) is 0 Å². The lowest BCUT2D eigenvalue weighted by molar-refractivity contribution is -0.139. The summed E-state index contributed by atoms with van der Waals surface area (Å²) < 4.78 is 0. The molecule has 1 unspecified atom stereocenters. The van der Waals surface area contributed by atoms with Gasteiger partial charge in [0.1, 0.15) is 6.04 Å². The lowest BCUT2D eigenvalue weighted by Gasteiger charge is -2.09. The Morgan fingerprint density at radius 1 is 1.75 bits per heavy atom. The van der Waals surface area contributed by atoms with Crippen LogP contribution in [0.3, 0.4) is 0 Å². The molecule has 0 aromatic carbocycles. The molecule has 12 heavy (non-hydrogen) atoms. The second kappa shape index (κ2) is 6.35. The number of alkyl halides is 1. The summed E-state index contributed by atoms with van der Waals surface area (Å²) in [6, 6.07) is -0.612. The minimum atomic E-state index is -0.910. The van der Waals surface area contributed by atoms with Gasteiger partial charge in [-0.25, -0.2) is 0 Å². The molecule has 0 bridgehead atoms. The molecule has 0 fully saturated rings. The monoisotopic (exact) mass is 210 g/mol. The molecular formula is C6H12ClN2O2P. The molecule has 0 aromatic heterocycles. The van der Waals surface area contributed by atoms with Crippen LogP contribution in [-0.2, 0) is 4.79 Å². The molecule has 0 spiro atoms. The molecule has 4 nitrogen and oxygen atoms in total. The Balaban J connectivity index is 3.73. The molecule has 0 aliphatic carbocycles. The van der Waals surface area contributed by atoms with Crippen LogP contribution in [-0.4, -0.2) is 28.7 Å². The summed E-state index contributed by atoms with van der Waals surface area (Å²) >= 11 is 5.36. The normalized spacial score (nSPS) is 12.5. The molecule has 0 aliphatic rings. The van der Waals surface area contributed by atoms with E-state index < -0.39 is 12.0 Å². The molecule has 0 aromatic rings. The van der Waals surface area contributed by atoms with Crippen LogP contribution in [0, 0.1) is 5.41 Å². The van der Waals surface area contributed by atoms with Crippen molar-refractivity contribution in [1.29, 1.82) is 5.41 Å². The summed E-state index contributed by atoms with van der Waals surface area (Å²) in [5, 5.41) is 18.3. The standard InChI is InChI=1S/C6H12ClN2O2P/c7-3-4(8)1-2-5(9-12)6(10)11/h5,8-9H,1-3,12H2,(H,10,11)/t5-/m0/s1. The number of hydrogen-bond donors (Lipinski definition) is 3. The van der Waals surface area contributed by atoms with E-state index in [-0.39, 0.29) is 5.88 Å². The van der Waals surface area contributed by atoms with E-state index in [0.717, 1.165) is 0 Å². The molecule has 0 rings (SSSR count). The summed E-state index contributed by atoms with van der Waals surface area (Å²) in [7, 11) is 2.15. The fraction of sp³-hybridized carbons (Fsp3) is 0.667. The molecule has 0 amide bonds. The Hall–Kier alpha value is -0.180. The van der Waals surface area contributed by atoms with E-state index in [1.807, 2.05) is 0 Å². The lowest BCUT2D eigenvalue weighted by Crippen LogP contribution is -2.30. The average molecular weight is 211 g/mol. The summed E-state index contributed by atoms with van der Waals surface area (Å²) in [6.07, 6.45) is 0.812. The van der Waals surface area contributed by atoms with Crippen LogP contribution in [0.4, 0.5) is 0 Å². The average Bonchev–Trinajstić information content (AvgIpc) is 2.04. The van der Waals surface area contributed by atoms with Gasteiger partial charge in [-0.05, 0) is 12.8 Å². The zero-order valence-corrected chi connectivity index (χ0v) is 8.42. The minimum absolute atomic E-state index is 0.170. The number of halogens is 1. The van der Waals surface area contributed by atoms with Gasteiger partial charge in [0.05, 0.1) is 5.88 Å². The van der Waals surface area contributed by atoms with Gasteiger partial charge >= 0.3 is 5.97 Å². The zero-order chi connectivity index (χ0) is 9.56. The van der Waals surface area contributed by atoms with E-state index in [9.17, 15) is 4.79 Å². The summed E-state index contributed by atoms with van der Waals surface area (Å²) in [5.74, 6) is -0.740. The first-order valence-electron chi connectivity index (χ1n) is 3.43. The maximum absolute atomic E-state index is 10.5. The van der Waals surface area contributed by atoms with Gasteiger partial charge in [0, 0.05) is 5.71 Å². The van der Waals surface area contributed by atoms with Crippen molar-refractivity contribution in [2.75, 3.05) is 5.88 Å². The van der Waals surface area contributed by atoms with Crippen molar-refractivity contribution in [3.63, 3.8) is 0 Å². The fourth-order valence-corrected chi connectivity index (χ4v) is 1.11. The molecule has 2 atom stereocenters. The number of nitrogens with one attached hydrogen (secondary N) is 2. The van der Waals surface area contributed by atoms with Crippen molar-refractivity contribution in [1.82, 2.24) is 5.09 Å². The number of hydrogen-bond acceptors (Lipinski definition) is 3. The molecule has 70 valence electrons. The van der Waals surface area contributed by atoms with Crippen LogP contribution in [0.15, 0.2) is 0 Å². The highest BCUT2D eigenvalue weighted by Gasteiger charge is 2.14. The molecule has 3 N–H and O–H groups in total. The Morgan fingerprint density at radius 3 is 2.67 bits per heavy atom. The smallest absolute Gasteiger partial charge is 0.320 e. The highest BCUT2D eigenvalue weighted by atomic mass is 35.5. The first kappa shape index (κ1) is 11.8. The third kappa shape index (κ3) is 4.65. The van der Waals surface area contributed by atoms with Gasteiger partial charge in [-0.15, -0.1) is 11.6 Å². The molecule has 0 saturated carbocycles. The Kier molecular flexibility index (Phi) is 6.25. The van der Waals surface area contributed by atoms with E-state index in [4.69, 9.17) is 22.1 Å². The summed E-state index contributed by atoms with van der Waals surface area (Å²) in [4.78, 5) is 10.5. The van der Waals surface area contributed by atoms with E-state index >= 15 is 0 Å². The largest absolute Gasteiger partial charge is 0.480 e. The predicted molar refractivity (Wildman–Crippen MR) is 52.0 cm³/mol. The van der Waals surface area contributed by atoms with Gasteiger partial charge in [-0.3, -0.25) is 9.88 Å². The maximum Gasteiger partial charge on any atom is 0.320 e. The number of carboxylic acids is 1. The third-order valence-corrected chi connectivity index (χ3v) is 2.12. The molecule has 0 aliphatic heterocycles. The number of carbonyl (C=O) groups is 1. The van der Waals surface area contributed by atoms with Gasteiger partial charge in [0.15, 0.2) is 0 Å². The SMILES string of the molecule is N=C(CCl)CC[C@H](NP)C(=O)O.